The summed E-state index contributed by atoms with van der Waals surface area (Å²) in [7, 11) is 0. The van der Waals surface area contributed by atoms with E-state index in [9.17, 15) is 4.79 Å². The van der Waals surface area contributed by atoms with Crippen molar-refractivity contribution in [1.29, 1.82) is 0 Å². The molecule has 1 amide bonds. The summed E-state index contributed by atoms with van der Waals surface area (Å²) in [6, 6.07) is 15.1. The van der Waals surface area contributed by atoms with Gasteiger partial charge in [-0.05, 0) is 68.0 Å². The number of rotatable bonds is 5. The van der Waals surface area contributed by atoms with E-state index in [0.29, 0.717) is 11.8 Å². The van der Waals surface area contributed by atoms with Gasteiger partial charge >= 0.3 is 0 Å². The predicted octanol–water partition coefficient (Wildman–Crippen LogP) is 3.13. The second kappa shape index (κ2) is 5.89. The smallest absolute Gasteiger partial charge is 0.224 e. The van der Waals surface area contributed by atoms with Crippen LogP contribution in [0.1, 0.15) is 25.8 Å². The van der Waals surface area contributed by atoms with E-state index in [4.69, 9.17) is 0 Å². The summed E-state index contributed by atoms with van der Waals surface area (Å²) < 4.78 is 0. The summed E-state index contributed by atoms with van der Waals surface area (Å²) in [4.78, 5) is 12.5. The van der Waals surface area contributed by atoms with Crippen LogP contribution >= 0.6 is 0 Å². The lowest BCUT2D eigenvalue weighted by Crippen LogP contribution is -2.45. The highest BCUT2D eigenvalue weighted by Gasteiger charge is 2.57. The standard InChI is InChI=1S/C21H26N2O/c1-21(2,23-20(24)19-17-12-22-13-18(17)19)10-9-14-7-8-15-5-3-4-6-16(15)11-14/h3-8,11,17-19,22H,9-10,12-13H2,1-2H3,(H,23,24)/t17-,18+,19+. The highest BCUT2D eigenvalue weighted by molar-refractivity contribution is 5.83. The van der Waals surface area contributed by atoms with Crippen molar-refractivity contribution in [2.24, 2.45) is 17.8 Å². The van der Waals surface area contributed by atoms with Crippen molar-refractivity contribution in [2.45, 2.75) is 32.2 Å². The molecule has 0 unspecified atom stereocenters. The summed E-state index contributed by atoms with van der Waals surface area (Å²) in [5.41, 5.74) is 1.18. The molecular formula is C21H26N2O. The second-order valence-corrected chi connectivity index (χ2v) is 8.07. The number of aryl methyl sites for hydroxylation is 1. The van der Waals surface area contributed by atoms with E-state index in [0.717, 1.165) is 25.9 Å². The Bertz CT molecular complexity index is 757. The van der Waals surface area contributed by atoms with Gasteiger partial charge in [-0.15, -0.1) is 0 Å². The Morgan fingerprint density at radius 3 is 2.58 bits per heavy atom. The number of benzene rings is 2. The number of fused-ring (bicyclic) bond motifs is 2. The number of piperidine rings is 1. The van der Waals surface area contributed by atoms with E-state index in [2.05, 4.69) is 66.9 Å². The molecule has 1 aliphatic heterocycles. The van der Waals surface area contributed by atoms with Crippen molar-refractivity contribution in [2.75, 3.05) is 13.1 Å². The van der Waals surface area contributed by atoms with E-state index in [1.807, 2.05) is 0 Å². The molecule has 1 aliphatic carbocycles. The first-order chi connectivity index (χ1) is 11.5. The quantitative estimate of drug-likeness (QED) is 0.888. The monoisotopic (exact) mass is 322 g/mol. The zero-order valence-electron chi connectivity index (χ0n) is 14.5. The molecule has 2 N–H and O–H groups in total. The van der Waals surface area contributed by atoms with Gasteiger partial charge in [0.2, 0.25) is 5.91 Å². The van der Waals surface area contributed by atoms with Crippen LogP contribution in [-0.4, -0.2) is 24.5 Å². The highest BCUT2D eigenvalue weighted by Crippen LogP contribution is 2.48. The van der Waals surface area contributed by atoms with Crippen LogP contribution in [0.3, 0.4) is 0 Å². The van der Waals surface area contributed by atoms with Crippen molar-refractivity contribution >= 4 is 16.7 Å². The van der Waals surface area contributed by atoms with Crippen LogP contribution < -0.4 is 10.6 Å². The van der Waals surface area contributed by atoms with Crippen molar-refractivity contribution in [3.63, 3.8) is 0 Å². The first-order valence-corrected chi connectivity index (χ1v) is 9.04. The SMILES string of the molecule is CC(C)(CCc1ccc2ccccc2c1)NC(=O)[C@H]1[C@@H]2CNC[C@@H]21. The van der Waals surface area contributed by atoms with Crippen LogP contribution in [-0.2, 0) is 11.2 Å². The molecule has 24 heavy (non-hydrogen) atoms. The van der Waals surface area contributed by atoms with Crippen molar-refractivity contribution in [3.05, 3.63) is 48.0 Å². The number of hydrogen-bond acceptors (Lipinski definition) is 2. The fourth-order valence-corrected chi connectivity index (χ4v) is 4.14. The average Bonchev–Trinajstić information content (AvgIpc) is 3.06. The molecule has 0 radical (unpaired) electrons. The lowest BCUT2D eigenvalue weighted by atomic mass is 9.94. The van der Waals surface area contributed by atoms with E-state index in [1.165, 1.54) is 16.3 Å². The normalized spacial score (nSPS) is 25.5. The van der Waals surface area contributed by atoms with E-state index >= 15 is 0 Å². The molecule has 126 valence electrons. The zero-order valence-corrected chi connectivity index (χ0v) is 14.5. The summed E-state index contributed by atoms with van der Waals surface area (Å²) in [6.45, 7) is 6.31. The lowest BCUT2D eigenvalue weighted by molar-refractivity contribution is -0.124. The molecule has 3 atom stereocenters. The number of carbonyl (C=O) groups is 1. The van der Waals surface area contributed by atoms with Gasteiger partial charge in [0.25, 0.3) is 0 Å². The summed E-state index contributed by atoms with van der Waals surface area (Å²) in [5.74, 6) is 1.68. The number of hydrogen-bond donors (Lipinski definition) is 2. The molecule has 2 aliphatic rings. The van der Waals surface area contributed by atoms with Gasteiger partial charge < -0.3 is 10.6 Å². The molecule has 1 heterocycles. The molecule has 2 aromatic rings. The van der Waals surface area contributed by atoms with Gasteiger partial charge in [0.05, 0.1) is 0 Å². The Hall–Kier alpha value is -1.87. The molecule has 3 heteroatoms. The largest absolute Gasteiger partial charge is 0.351 e. The Labute approximate surface area is 143 Å². The second-order valence-electron chi connectivity index (χ2n) is 8.07. The zero-order chi connectivity index (χ0) is 16.7. The molecule has 0 bridgehead atoms. The van der Waals surface area contributed by atoms with Gasteiger partial charge in [0, 0.05) is 11.5 Å². The maximum absolute atomic E-state index is 12.5. The first kappa shape index (κ1) is 15.6. The topological polar surface area (TPSA) is 41.1 Å². The minimum atomic E-state index is -0.160. The maximum Gasteiger partial charge on any atom is 0.224 e. The summed E-state index contributed by atoms with van der Waals surface area (Å²) in [6.07, 6.45) is 1.94. The third kappa shape index (κ3) is 3.05. The van der Waals surface area contributed by atoms with Crippen LogP contribution in [0.5, 0.6) is 0 Å². The summed E-state index contributed by atoms with van der Waals surface area (Å²) in [5, 5.41) is 9.21. The Morgan fingerprint density at radius 2 is 1.83 bits per heavy atom. The minimum absolute atomic E-state index is 0.160. The predicted molar refractivity (Wildman–Crippen MR) is 97.8 cm³/mol. The van der Waals surface area contributed by atoms with E-state index < -0.39 is 0 Å². The third-order valence-corrected chi connectivity index (χ3v) is 5.71. The molecule has 0 spiro atoms. The third-order valence-electron chi connectivity index (χ3n) is 5.71. The van der Waals surface area contributed by atoms with Gasteiger partial charge in [-0.1, -0.05) is 42.5 Å². The van der Waals surface area contributed by atoms with Gasteiger partial charge in [-0.2, -0.15) is 0 Å². The molecule has 1 saturated carbocycles. The van der Waals surface area contributed by atoms with E-state index in [-0.39, 0.29) is 17.4 Å². The van der Waals surface area contributed by atoms with Crippen molar-refractivity contribution in [1.82, 2.24) is 10.6 Å². The molecule has 2 fully saturated rings. The number of carbonyl (C=O) groups excluding carboxylic acids is 1. The maximum atomic E-state index is 12.5. The molecule has 1 saturated heterocycles. The fraction of sp³-hybridized carbons (Fsp3) is 0.476. The van der Waals surface area contributed by atoms with Crippen molar-refractivity contribution < 1.29 is 4.79 Å². The Morgan fingerprint density at radius 1 is 1.12 bits per heavy atom. The first-order valence-electron chi connectivity index (χ1n) is 9.04. The van der Waals surface area contributed by atoms with Gasteiger partial charge in [-0.3, -0.25) is 4.79 Å². The molecule has 0 aromatic heterocycles. The molecule has 3 nitrogen and oxygen atoms in total. The summed E-state index contributed by atoms with van der Waals surface area (Å²) >= 11 is 0. The Balaban J connectivity index is 1.35. The fourth-order valence-electron chi connectivity index (χ4n) is 4.14. The molecular weight excluding hydrogens is 296 g/mol. The van der Waals surface area contributed by atoms with Gasteiger partial charge in [-0.25, -0.2) is 0 Å². The van der Waals surface area contributed by atoms with Crippen LogP contribution in [0.15, 0.2) is 42.5 Å². The van der Waals surface area contributed by atoms with E-state index in [1.54, 1.807) is 0 Å². The number of nitrogens with one attached hydrogen (secondary N) is 2. The van der Waals surface area contributed by atoms with Crippen LogP contribution in [0.2, 0.25) is 0 Å². The highest BCUT2D eigenvalue weighted by atomic mass is 16.2. The Kier molecular flexibility index (Phi) is 3.84. The minimum Gasteiger partial charge on any atom is -0.351 e. The van der Waals surface area contributed by atoms with Crippen LogP contribution in [0.4, 0.5) is 0 Å². The molecule has 4 rings (SSSR count). The van der Waals surface area contributed by atoms with Gasteiger partial charge in [0.15, 0.2) is 0 Å². The average molecular weight is 322 g/mol. The van der Waals surface area contributed by atoms with Crippen LogP contribution in [0.25, 0.3) is 10.8 Å². The van der Waals surface area contributed by atoms with Gasteiger partial charge in [0.1, 0.15) is 0 Å². The lowest BCUT2D eigenvalue weighted by Gasteiger charge is -2.27. The number of amides is 1. The molecule has 2 aromatic carbocycles. The van der Waals surface area contributed by atoms with Crippen molar-refractivity contribution in [3.8, 4) is 0 Å². The van der Waals surface area contributed by atoms with Crippen LogP contribution in [0, 0.1) is 17.8 Å².